The van der Waals surface area contributed by atoms with Gasteiger partial charge in [-0.25, -0.2) is 13.6 Å². The van der Waals surface area contributed by atoms with E-state index in [1.807, 2.05) is 0 Å². The van der Waals surface area contributed by atoms with Crippen LogP contribution in [-0.2, 0) is 0 Å². The summed E-state index contributed by atoms with van der Waals surface area (Å²) in [4.78, 5) is 10.5. The summed E-state index contributed by atoms with van der Waals surface area (Å²) in [6, 6.07) is 0.926. The van der Waals surface area contributed by atoms with E-state index < -0.39 is 28.9 Å². The quantitative estimate of drug-likeness (QED) is 0.797. The van der Waals surface area contributed by atoms with Crippen LogP contribution >= 0.6 is 0 Å². The fraction of sp³-hybridized carbons (Fsp3) is 0.222. The Morgan fingerprint density at radius 3 is 2.43 bits per heavy atom. The third-order valence-corrected chi connectivity index (χ3v) is 1.78. The van der Waals surface area contributed by atoms with E-state index in [0.29, 0.717) is 0 Å². The minimum absolute atomic E-state index is 0.0284. The third kappa shape index (κ3) is 1.53. The van der Waals surface area contributed by atoms with E-state index in [1.165, 1.54) is 6.92 Å². The van der Waals surface area contributed by atoms with Gasteiger partial charge in [0.1, 0.15) is 0 Å². The molecule has 5 heteroatoms. The van der Waals surface area contributed by atoms with Gasteiger partial charge in [0.25, 0.3) is 0 Å². The molecule has 3 nitrogen and oxygen atoms in total. The molecule has 0 atom stereocenters. The largest absolute Gasteiger partial charge is 0.491 e. The Morgan fingerprint density at radius 1 is 1.43 bits per heavy atom. The van der Waals surface area contributed by atoms with Crippen LogP contribution in [0.15, 0.2) is 6.07 Å². The van der Waals surface area contributed by atoms with E-state index >= 15 is 0 Å². The second-order valence-electron chi connectivity index (χ2n) is 2.71. The summed E-state index contributed by atoms with van der Waals surface area (Å²) < 4.78 is 30.8. The summed E-state index contributed by atoms with van der Waals surface area (Å²) >= 11 is 0. The Hall–Kier alpha value is -1.65. The van der Waals surface area contributed by atoms with Crippen LogP contribution in [0, 0.1) is 18.6 Å². The summed E-state index contributed by atoms with van der Waals surface area (Å²) in [5.74, 6) is -4.19. The minimum atomic E-state index is -1.45. The average Bonchev–Trinajstić information content (AvgIpc) is 2.12. The monoisotopic (exact) mass is 202 g/mol. The zero-order valence-corrected chi connectivity index (χ0v) is 7.60. The maximum absolute atomic E-state index is 13.2. The number of carbonyl (C=O) groups is 1. The number of benzene rings is 1. The Morgan fingerprint density at radius 2 is 2.00 bits per heavy atom. The van der Waals surface area contributed by atoms with E-state index in [1.54, 1.807) is 0 Å². The molecule has 0 unspecified atom stereocenters. The molecule has 0 aliphatic carbocycles. The number of aryl methyl sites for hydroxylation is 1. The van der Waals surface area contributed by atoms with Crippen LogP contribution in [0.2, 0.25) is 0 Å². The Bertz CT molecular complexity index is 388. The number of ether oxygens (including phenoxy) is 1. The molecule has 0 radical (unpaired) electrons. The highest BCUT2D eigenvalue weighted by Gasteiger charge is 2.20. The van der Waals surface area contributed by atoms with Gasteiger partial charge in [0.05, 0.1) is 12.7 Å². The first-order chi connectivity index (χ1) is 6.49. The minimum Gasteiger partial charge on any atom is -0.491 e. The zero-order valence-electron chi connectivity index (χ0n) is 7.60. The average molecular weight is 202 g/mol. The molecule has 1 aromatic rings. The van der Waals surface area contributed by atoms with E-state index in [2.05, 4.69) is 4.74 Å². The predicted molar refractivity (Wildman–Crippen MR) is 44.6 cm³/mol. The van der Waals surface area contributed by atoms with Crippen LogP contribution in [-0.4, -0.2) is 18.2 Å². The molecule has 1 rings (SSSR count). The lowest BCUT2D eigenvalue weighted by Crippen LogP contribution is -2.05. The Kier molecular flexibility index (Phi) is 2.69. The SMILES string of the molecule is COc1c(F)c(C)cc(C(=O)O)c1F. The number of rotatable bonds is 2. The van der Waals surface area contributed by atoms with Crippen molar-refractivity contribution in [3.63, 3.8) is 0 Å². The highest BCUT2D eigenvalue weighted by atomic mass is 19.1. The van der Waals surface area contributed by atoms with Crippen molar-refractivity contribution in [1.29, 1.82) is 0 Å². The Balaban J connectivity index is 3.50. The topological polar surface area (TPSA) is 46.5 Å². The first kappa shape index (κ1) is 10.4. The van der Waals surface area contributed by atoms with Crippen molar-refractivity contribution in [2.75, 3.05) is 7.11 Å². The summed E-state index contributed by atoms with van der Waals surface area (Å²) in [6.07, 6.45) is 0. The molecule has 0 heterocycles. The summed E-state index contributed by atoms with van der Waals surface area (Å²) in [6.45, 7) is 1.34. The maximum Gasteiger partial charge on any atom is 0.338 e. The fourth-order valence-electron chi connectivity index (χ4n) is 1.08. The summed E-state index contributed by atoms with van der Waals surface area (Å²) in [7, 11) is 1.08. The third-order valence-electron chi connectivity index (χ3n) is 1.78. The molecule has 0 saturated heterocycles. The molecule has 0 aromatic heterocycles. The van der Waals surface area contributed by atoms with Gasteiger partial charge in [0, 0.05) is 0 Å². The standard InChI is InChI=1S/C9H8F2O3/c1-4-3-5(9(12)13)7(11)8(14-2)6(4)10/h3H,1-2H3,(H,12,13). The van der Waals surface area contributed by atoms with Crippen molar-refractivity contribution in [2.45, 2.75) is 6.92 Å². The van der Waals surface area contributed by atoms with Gasteiger partial charge >= 0.3 is 5.97 Å². The molecule has 76 valence electrons. The van der Waals surface area contributed by atoms with Crippen molar-refractivity contribution >= 4 is 5.97 Å². The number of hydrogen-bond donors (Lipinski definition) is 1. The molecular formula is C9H8F2O3. The molecule has 0 spiro atoms. The van der Waals surface area contributed by atoms with Crippen LogP contribution in [0.5, 0.6) is 5.75 Å². The fourth-order valence-corrected chi connectivity index (χ4v) is 1.08. The molecule has 0 saturated carbocycles. The molecule has 1 aromatic carbocycles. The molecular weight excluding hydrogens is 194 g/mol. The van der Waals surface area contributed by atoms with E-state index in [9.17, 15) is 13.6 Å². The smallest absolute Gasteiger partial charge is 0.338 e. The van der Waals surface area contributed by atoms with Gasteiger partial charge in [0.2, 0.25) is 0 Å². The van der Waals surface area contributed by atoms with E-state index in [-0.39, 0.29) is 5.56 Å². The Labute approximate surface area is 78.9 Å². The van der Waals surface area contributed by atoms with Crippen LogP contribution in [0.3, 0.4) is 0 Å². The lowest BCUT2D eigenvalue weighted by molar-refractivity contribution is 0.0690. The van der Waals surface area contributed by atoms with Crippen molar-refractivity contribution in [3.05, 3.63) is 28.8 Å². The van der Waals surface area contributed by atoms with E-state index in [0.717, 1.165) is 13.2 Å². The van der Waals surface area contributed by atoms with Gasteiger partial charge < -0.3 is 9.84 Å². The van der Waals surface area contributed by atoms with Crippen molar-refractivity contribution in [3.8, 4) is 5.75 Å². The number of carboxylic acid groups (broad SMARTS) is 1. The molecule has 0 aliphatic rings. The molecule has 14 heavy (non-hydrogen) atoms. The van der Waals surface area contributed by atoms with Gasteiger partial charge in [-0.15, -0.1) is 0 Å². The summed E-state index contributed by atoms with van der Waals surface area (Å²) in [5.41, 5.74) is -0.568. The molecule has 0 bridgehead atoms. The number of hydrogen-bond acceptors (Lipinski definition) is 2. The number of aromatic carboxylic acids is 1. The molecule has 0 aliphatic heterocycles. The van der Waals surface area contributed by atoms with E-state index in [4.69, 9.17) is 5.11 Å². The van der Waals surface area contributed by atoms with Crippen molar-refractivity contribution in [1.82, 2.24) is 0 Å². The van der Waals surface area contributed by atoms with Crippen molar-refractivity contribution in [2.24, 2.45) is 0 Å². The van der Waals surface area contributed by atoms with Gasteiger partial charge in [-0.2, -0.15) is 0 Å². The second-order valence-corrected chi connectivity index (χ2v) is 2.71. The number of methoxy groups -OCH3 is 1. The van der Waals surface area contributed by atoms with Gasteiger partial charge in [-0.05, 0) is 18.6 Å². The molecule has 0 amide bonds. The van der Waals surface area contributed by atoms with Crippen LogP contribution in [0.4, 0.5) is 8.78 Å². The van der Waals surface area contributed by atoms with Crippen LogP contribution in [0.1, 0.15) is 15.9 Å². The lowest BCUT2D eigenvalue weighted by Gasteiger charge is -2.07. The summed E-state index contributed by atoms with van der Waals surface area (Å²) in [5, 5.41) is 8.58. The highest BCUT2D eigenvalue weighted by Crippen LogP contribution is 2.27. The first-order valence-corrected chi connectivity index (χ1v) is 3.75. The number of halogens is 2. The van der Waals surface area contributed by atoms with Crippen LogP contribution in [0.25, 0.3) is 0 Å². The van der Waals surface area contributed by atoms with Gasteiger partial charge in [0.15, 0.2) is 17.4 Å². The normalized spacial score (nSPS) is 10.0. The maximum atomic E-state index is 13.2. The number of carboxylic acids is 1. The zero-order chi connectivity index (χ0) is 10.9. The first-order valence-electron chi connectivity index (χ1n) is 3.75. The lowest BCUT2D eigenvalue weighted by atomic mass is 10.1. The molecule has 0 fully saturated rings. The second kappa shape index (κ2) is 3.61. The van der Waals surface area contributed by atoms with Crippen molar-refractivity contribution < 1.29 is 23.4 Å². The predicted octanol–water partition coefficient (Wildman–Crippen LogP) is 1.98. The van der Waals surface area contributed by atoms with Gasteiger partial charge in [-0.3, -0.25) is 0 Å². The highest BCUT2D eigenvalue weighted by molar-refractivity contribution is 5.88. The van der Waals surface area contributed by atoms with Crippen LogP contribution < -0.4 is 4.74 Å². The molecule has 1 N–H and O–H groups in total. The van der Waals surface area contributed by atoms with Gasteiger partial charge in [-0.1, -0.05) is 0 Å².